The maximum Gasteiger partial charge on any atom is 0.125 e. The lowest BCUT2D eigenvalue weighted by Gasteiger charge is -2.47. The molecule has 0 saturated carbocycles. The summed E-state index contributed by atoms with van der Waals surface area (Å²) in [4.78, 5) is 2.52. The molecule has 4 rings (SSSR count). The van der Waals surface area contributed by atoms with Gasteiger partial charge >= 0.3 is 0 Å². The zero-order chi connectivity index (χ0) is 12.2. The predicted molar refractivity (Wildman–Crippen MR) is 68.5 cm³/mol. The third-order valence-corrected chi connectivity index (χ3v) is 5.00. The summed E-state index contributed by atoms with van der Waals surface area (Å²) in [5, 5.41) is 10.4. The second kappa shape index (κ2) is 3.72. The zero-order valence-corrected chi connectivity index (χ0v) is 10.5. The van der Waals surface area contributed by atoms with Crippen LogP contribution in [0.4, 0.5) is 0 Å². The van der Waals surface area contributed by atoms with E-state index in [1.165, 1.54) is 13.0 Å². The van der Waals surface area contributed by atoms with Gasteiger partial charge in [-0.3, -0.25) is 0 Å². The molecule has 1 aromatic rings. The lowest BCUT2D eigenvalue weighted by molar-refractivity contribution is -0.0736. The summed E-state index contributed by atoms with van der Waals surface area (Å²) >= 11 is 0. The molecule has 2 fully saturated rings. The summed E-state index contributed by atoms with van der Waals surface area (Å²) in [6.45, 7) is 3.47. The average Bonchev–Trinajstić information content (AvgIpc) is 2.80. The van der Waals surface area contributed by atoms with Crippen molar-refractivity contribution in [2.75, 3.05) is 19.6 Å². The smallest absolute Gasteiger partial charge is 0.125 e. The van der Waals surface area contributed by atoms with Crippen molar-refractivity contribution in [3.05, 3.63) is 29.8 Å². The molecule has 0 aliphatic carbocycles. The zero-order valence-electron chi connectivity index (χ0n) is 10.5. The lowest BCUT2D eigenvalue weighted by atomic mass is 9.75. The summed E-state index contributed by atoms with van der Waals surface area (Å²) in [6.07, 6.45) is 2.68. The lowest BCUT2D eigenvalue weighted by Crippen LogP contribution is -2.53. The molecule has 0 radical (unpaired) electrons. The molecule has 3 aliphatic rings. The number of benzene rings is 1. The number of piperidine rings is 1. The second-order valence-corrected chi connectivity index (χ2v) is 5.96. The van der Waals surface area contributed by atoms with E-state index in [-0.39, 0.29) is 11.7 Å². The first-order valence-corrected chi connectivity index (χ1v) is 6.95. The van der Waals surface area contributed by atoms with Crippen molar-refractivity contribution in [3.8, 4) is 5.75 Å². The van der Waals surface area contributed by atoms with Crippen LogP contribution in [0.2, 0.25) is 0 Å². The van der Waals surface area contributed by atoms with Crippen molar-refractivity contribution in [1.29, 1.82) is 0 Å². The molecule has 1 N–H and O–H groups in total. The number of hydrogen-bond acceptors (Lipinski definition) is 3. The summed E-state index contributed by atoms with van der Waals surface area (Å²) in [6, 6.07) is 7.95. The Morgan fingerprint density at radius 2 is 2.17 bits per heavy atom. The Morgan fingerprint density at radius 3 is 3.11 bits per heavy atom. The summed E-state index contributed by atoms with van der Waals surface area (Å²) in [5.74, 6) is 1.49. The number of hydrogen-bond donors (Lipinski definition) is 1. The van der Waals surface area contributed by atoms with E-state index in [0.29, 0.717) is 5.92 Å². The summed E-state index contributed by atoms with van der Waals surface area (Å²) in [5.41, 5.74) is 0.851. The molecule has 3 nitrogen and oxygen atoms in total. The van der Waals surface area contributed by atoms with Crippen molar-refractivity contribution >= 4 is 0 Å². The fourth-order valence-corrected chi connectivity index (χ4v) is 3.97. The van der Waals surface area contributed by atoms with Crippen LogP contribution in [0.25, 0.3) is 0 Å². The highest BCUT2D eigenvalue weighted by Gasteiger charge is 2.51. The molecular formula is C15H19NO2. The quantitative estimate of drug-likeness (QED) is 0.758. The molecule has 1 spiro atoms. The molecule has 0 aromatic heterocycles. The number of aliphatic hydroxyl groups is 1. The molecule has 18 heavy (non-hydrogen) atoms. The van der Waals surface area contributed by atoms with E-state index < -0.39 is 0 Å². The molecule has 96 valence electrons. The van der Waals surface area contributed by atoms with Gasteiger partial charge in [0.25, 0.3) is 0 Å². The molecule has 4 atom stereocenters. The van der Waals surface area contributed by atoms with Crippen molar-refractivity contribution in [2.24, 2.45) is 5.92 Å². The number of aliphatic hydroxyl groups excluding tert-OH is 1. The first-order chi connectivity index (χ1) is 8.77. The van der Waals surface area contributed by atoms with E-state index in [0.717, 1.165) is 37.2 Å². The van der Waals surface area contributed by atoms with Crippen LogP contribution in [0.5, 0.6) is 5.75 Å². The molecule has 3 heteroatoms. The van der Waals surface area contributed by atoms with Crippen LogP contribution in [-0.2, 0) is 0 Å². The van der Waals surface area contributed by atoms with Gasteiger partial charge in [0.05, 0.1) is 6.10 Å². The van der Waals surface area contributed by atoms with E-state index >= 15 is 0 Å². The minimum atomic E-state index is -0.359. The van der Waals surface area contributed by atoms with E-state index in [4.69, 9.17) is 4.74 Å². The van der Waals surface area contributed by atoms with Gasteiger partial charge in [0.2, 0.25) is 0 Å². The van der Waals surface area contributed by atoms with Crippen LogP contribution in [0.15, 0.2) is 24.3 Å². The minimum absolute atomic E-state index is 0.110. The normalized spacial score (nSPS) is 41.5. The highest BCUT2D eigenvalue weighted by molar-refractivity contribution is 5.38. The number of rotatable bonds is 0. The molecule has 3 aliphatic heterocycles. The maximum atomic E-state index is 10.4. The Morgan fingerprint density at radius 1 is 1.28 bits per heavy atom. The van der Waals surface area contributed by atoms with Crippen LogP contribution in [0, 0.1) is 5.92 Å². The Hall–Kier alpha value is -1.06. The average molecular weight is 245 g/mol. The van der Waals surface area contributed by atoms with Crippen molar-refractivity contribution in [2.45, 2.75) is 31.0 Å². The molecule has 1 aromatic carbocycles. The van der Waals surface area contributed by atoms with E-state index in [1.54, 1.807) is 0 Å². The fraction of sp³-hybridized carbons (Fsp3) is 0.600. The van der Waals surface area contributed by atoms with Gasteiger partial charge in [0.1, 0.15) is 11.4 Å². The summed E-state index contributed by atoms with van der Waals surface area (Å²) in [7, 11) is 0. The van der Waals surface area contributed by atoms with E-state index in [1.807, 2.05) is 24.3 Å². The van der Waals surface area contributed by atoms with Gasteiger partial charge in [-0.05, 0) is 19.0 Å². The highest BCUT2D eigenvalue weighted by Crippen LogP contribution is 2.48. The van der Waals surface area contributed by atoms with Gasteiger partial charge in [-0.1, -0.05) is 18.2 Å². The molecule has 0 amide bonds. The van der Waals surface area contributed by atoms with Gasteiger partial charge in [0.15, 0.2) is 0 Å². The fourth-order valence-electron chi connectivity index (χ4n) is 3.97. The first kappa shape index (κ1) is 10.8. The topological polar surface area (TPSA) is 32.7 Å². The Kier molecular flexibility index (Phi) is 2.24. The highest BCUT2D eigenvalue weighted by atomic mass is 16.5. The van der Waals surface area contributed by atoms with E-state index in [2.05, 4.69) is 4.90 Å². The van der Waals surface area contributed by atoms with Gasteiger partial charge in [-0.2, -0.15) is 0 Å². The standard InChI is InChI=1S/C15H19NO2/c17-13-9-15(6-8-16-7-5-11(15)10-16)18-14-4-2-1-3-12(13)14/h1-4,11,13,17H,5-10H2/t11?,13-,15?/m0/s1. The molecule has 3 unspecified atom stereocenters. The van der Waals surface area contributed by atoms with Gasteiger partial charge in [0, 0.05) is 37.4 Å². The first-order valence-electron chi connectivity index (χ1n) is 6.95. The molecule has 3 heterocycles. The van der Waals surface area contributed by atoms with Crippen LogP contribution in [-0.4, -0.2) is 35.2 Å². The monoisotopic (exact) mass is 245 g/mol. The van der Waals surface area contributed by atoms with E-state index in [9.17, 15) is 5.11 Å². The van der Waals surface area contributed by atoms with Gasteiger partial charge < -0.3 is 14.7 Å². The second-order valence-electron chi connectivity index (χ2n) is 5.96. The van der Waals surface area contributed by atoms with Crippen LogP contribution in [0.1, 0.15) is 30.9 Å². The molecule has 2 bridgehead atoms. The maximum absolute atomic E-state index is 10.4. The number of fused-ring (bicyclic) bond motifs is 4. The van der Waals surface area contributed by atoms with Crippen LogP contribution in [0.3, 0.4) is 0 Å². The Balaban J connectivity index is 1.72. The third kappa shape index (κ3) is 1.44. The number of para-hydroxylation sites is 1. The molecule has 2 saturated heterocycles. The number of ether oxygens (including phenoxy) is 1. The van der Waals surface area contributed by atoms with Gasteiger partial charge in [-0.25, -0.2) is 0 Å². The van der Waals surface area contributed by atoms with Crippen LogP contribution >= 0.6 is 0 Å². The molecular weight excluding hydrogens is 226 g/mol. The van der Waals surface area contributed by atoms with Crippen molar-refractivity contribution in [3.63, 3.8) is 0 Å². The van der Waals surface area contributed by atoms with Gasteiger partial charge in [-0.15, -0.1) is 0 Å². The van der Waals surface area contributed by atoms with Crippen molar-refractivity contribution < 1.29 is 9.84 Å². The third-order valence-electron chi connectivity index (χ3n) is 5.00. The van der Waals surface area contributed by atoms with Crippen LogP contribution < -0.4 is 4.74 Å². The number of nitrogens with zero attached hydrogens (tertiary/aromatic N) is 1. The van der Waals surface area contributed by atoms with Crippen molar-refractivity contribution in [1.82, 2.24) is 4.90 Å². The minimum Gasteiger partial charge on any atom is -0.486 e. The Labute approximate surface area is 107 Å². The summed E-state index contributed by atoms with van der Waals surface area (Å²) < 4.78 is 6.37. The SMILES string of the molecule is O[C@H]1CC2(CCN3CCC2C3)Oc2ccccc21. The largest absolute Gasteiger partial charge is 0.486 e. The predicted octanol–water partition coefficient (Wildman–Crippen LogP) is 1.97. The Bertz CT molecular complexity index is 475.